The Morgan fingerprint density at radius 3 is 2.32 bits per heavy atom. The normalized spacial score (nSPS) is 17.5. The van der Waals surface area contributed by atoms with Crippen LogP contribution in [0.25, 0.3) is 0 Å². The molecule has 7 nitrogen and oxygen atoms in total. The Kier molecular flexibility index (Phi) is 7.89. The van der Waals surface area contributed by atoms with Crippen molar-refractivity contribution in [3.63, 3.8) is 0 Å². The second-order valence-electron chi connectivity index (χ2n) is 13.3. The Morgan fingerprint density at radius 2 is 1.59 bits per heavy atom. The summed E-state index contributed by atoms with van der Waals surface area (Å²) in [6, 6.07) is 28.8. The molecular weight excluding hydrogens is 548 g/mol. The third kappa shape index (κ3) is 6.05. The number of amides is 2. The molecule has 0 radical (unpaired) electrons. The number of carbonyl (C=O) groups excluding carboxylic acids is 2. The molecule has 2 atom stereocenters. The Bertz CT molecular complexity index is 1740. The van der Waals surface area contributed by atoms with Gasteiger partial charge in [0, 0.05) is 62.0 Å². The summed E-state index contributed by atoms with van der Waals surface area (Å²) in [4.78, 5) is 43.7. The van der Waals surface area contributed by atoms with Crippen LogP contribution in [-0.2, 0) is 18.5 Å². The van der Waals surface area contributed by atoms with Gasteiger partial charge in [-0.3, -0.25) is 14.4 Å². The number of anilines is 2. The highest BCUT2D eigenvalue weighted by molar-refractivity contribution is 6.07. The van der Waals surface area contributed by atoms with Gasteiger partial charge in [-0.25, -0.2) is 0 Å². The number of rotatable bonds is 6. The van der Waals surface area contributed by atoms with Crippen LogP contribution in [0, 0.1) is 5.92 Å². The van der Waals surface area contributed by atoms with Gasteiger partial charge in [0.15, 0.2) is 0 Å². The van der Waals surface area contributed by atoms with Crippen LogP contribution in [0.15, 0.2) is 95.8 Å². The molecule has 2 aliphatic rings. The number of hydrogen-bond acceptors (Lipinski definition) is 4. The van der Waals surface area contributed by atoms with Gasteiger partial charge in [-0.1, -0.05) is 69.3 Å². The van der Waals surface area contributed by atoms with Crippen molar-refractivity contribution in [2.75, 3.05) is 30.4 Å². The first-order valence-corrected chi connectivity index (χ1v) is 15.4. The second-order valence-corrected chi connectivity index (χ2v) is 13.3. The molecule has 1 N–H and O–H groups in total. The van der Waals surface area contributed by atoms with Crippen LogP contribution in [0.3, 0.4) is 0 Å². The zero-order valence-electron chi connectivity index (χ0n) is 25.9. The van der Waals surface area contributed by atoms with E-state index in [0.717, 1.165) is 42.0 Å². The molecule has 3 heterocycles. The predicted molar refractivity (Wildman–Crippen MR) is 176 cm³/mol. The maximum Gasteiger partial charge on any atom is 0.255 e. The SMILES string of the molecule is CN(Cc1ccccc1)C(=O)c1ccc(N2C[C@H]3C[C@@H](C2)c2cccc(=O)n2C3)c(NC(=O)c2ccc(C(C)(C)C)cc2)c1. The predicted octanol–water partition coefficient (Wildman–Crippen LogP) is 6.29. The minimum Gasteiger partial charge on any atom is -0.369 e. The third-order valence-corrected chi connectivity index (χ3v) is 8.93. The first-order valence-electron chi connectivity index (χ1n) is 15.4. The molecule has 4 aromatic rings. The molecule has 0 saturated carbocycles. The average molecular weight is 589 g/mol. The number of fused-ring (bicyclic) bond motifs is 4. The van der Waals surface area contributed by atoms with Crippen molar-refractivity contribution in [1.29, 1.82) is 0 Å². The second kappa shape index (κ2) is 11.8. The zero-order chi connectivity index (χ0) is 31.0. The van der Waals surface area contributed by atoms with Gasteiger partial charge in [-0.15, -0.1) is 0 Å². The van der Waals surface area contributed by atoms with Gasteiger partial charge in [-0.2, -0.15) is 0 Å². The molecule has 226 valence electrons. The van der Waals surface area contributed by atoms with Crippen molar-refractivity contribution >= 4 is 23.2 Å². The summed E-state index contributed by atoms with van der Waals surface area (Å²) >= 11 is 0. The first-order chi connectivity index (χ1) is 21.1. The van der Waals surface area contributed by atoms with Crippen LogP contribution in [0.1, 0.15) is 70.6 Å². The van der Waals surface area contributed by atoms with Gasteiger partial charge in [0.1, 0.15) is 0 Å². The maximum absolute atomic E-state index is 13.6. The minimum atomic E-state index is -0.219. The summed E-state index contributed by atoms with van der Waals surface area (Å²) in [5, 5.41) is 3.15. The molecule has 2 bridgehead atoms. The summed E-state index contributed by atoms with van der Waals surface area (Å²) in [6.45, 7) is 9.10. The van der Waals surface area contributed by atoms with E-state index in [1.165, 1.54) is 0 Å². The highest BCUT2D eigenvalue weighted by Crippen LogP contribution is 2.39. The molecule has 44 heavy (non-hydrogen) atoms. The summed E-state index contributed by atoms with van der Waals surface area (Å²) < 4.78 is 1.92. The van der Waals surface area contributed by atoms with Crippen molar-refractivity contribution in [3.8, 4) is 0 Å². The summed E-state index contributed by atoms with van der Waals surface area (Å²) in [5.74, 6) is 0.189. The molecule has 1 aromatic heterocycles. The van der Waals surface area contributed by atoms with Gasteiger partial charge in [0.2, 0.25) is 0 Å². The van der Waals surface area contributed by atoms with Crippen molar-refractivity contribution < 1.29 is 9.59 Å². The number of benzene rings is 3. The van der Waals surface area contributed by atoms with E-state index in [1.807, 2.05) is 83.4 Å². The molecule has 1 fully saturated rings. The quantitative estimate of drug-likeness (QED) is 0.287. The smallest absolute Gasteiger partial charge is 0.255 e. The summed E-state index contributed by atoms with van der Waals surface area (Å²) in [5.41, 5.74) is 5.88. The van der Waals surface area contributed by atoms with Crippen LogP contribution in [0.5, 0.6) is 0 Å². The molecule has 7 heteroatoms. The highest BCUT2D eigenvalue weighted by Gasteiger charge is 2.35. The van der Waals surface area contributed by atoms with Crippen LogP contribution < -0.4 is 15.8 Å². The average Bonchev–Trinajstić information content (AvgIpc) is 3.01. The van der Waals surface area contributed by atoms with Crippen LogP contribution in [-0.4, -0.2) is 41.4 Å². The molecule has 3 aromatic carbocycles. The van der Waals surface area contributed by atoms with E-state index in [0.29, 0.717) is 35.8 Å². The lowest BCUT2D eigenvalue weighted by Crippen LogP contribution is -2.47. The number of pyridine rings is 1. The molecule has 2 aliphatic heterocycles. The molecule has 2 amide bonds. The van der Waals surface area contributed by atoms with Gasteiger partial charge in [-0.05, 0) is 65.3 Å². The Hall–Kier alpha value is -4.65. The van der Waals surface area contributed by atoms with Crippen molar-refractivity contribution in [2.24, 2.45) is 5.92 Å². The minimum absolute atomic E-state index is 0.0151. The number of aromatic nitrogens is 1. The van der Waals surface area contributed by atoms with Crippen LogP contribution in [0.2, 0.25) is 0 Å². The molecule has 6 rings (SSSR count). The first kappa shape index (κ1) is 29.4. The number of piperidine rings is 1. The molecule has 1 saturated heterocycles. The van der Waals surface area contributed by atoms with E-state index >= 15 is 0 Å². The van der Waals surface area contributed by atoms with Crippen molar-refractivity contribution in [1.82, 2.24) is 9.47 Å². The molecule has 0 unspecified atom stereocenters. The zero-order valence-corrected chi connectivity index (χ0v) is 25.9. The summed E-state index contributed by atoms with van der Waals surface area (Å²) in [7, 11) is 1.80. The fourth-order valence-corrected chi connectivity index (χ4v) is 6.60. The lowest BCUT2D eigenvalue weighted by molar-refractivity contribution is 0.0784. The van der Waals surface area contributed by atoms with E-state index in [9.17, 15) is 14.4 Å². The van der Waals surface area contributed by atoms with E-state index in [2.05, 4.69) is 37.1 Å². The standard InChI is InChI=1S/C37H40N4O3/c1-37(2,3)30-16-13-27(14-17-30)35(43)38-31-20-28(36(44)39(4)21-25-9-6-5-7-10-25)15-18-33(31)40-22-26-19-29(24-40)32-11-8-12-34(42)41(32)23-26/h5-18,20,26,29H,19,21-24H2,1-4H3,(H,38,43)/t26-,29+/m1/s1. The fourth-order valence-electron chi connectivity index (χ4n) is 6.60. The number of hydrogen-bond donors (Lipinski definition) is 1. The van der Waals surface area contributed by atoms with E-state index in [1.54, 1.807) is 18.0 Å². The van der Waals surface area contributed by atoms with Crippen molar-refractivity contribution in [3.05, 3.63) is 129 Å². The van der Waals surface area contributed by atoms with E-state index in [4.69, 9.17) is 0 Å². The maximum atomic E-state index is 13.6. The van der Waals surface area contributed by atoms with E-state index in [-0.39, 0.29) is 28.7 Å². The van der Waals surface area contributed by atoms with E-state index < -0.39 is 0 Å². The number of carbonyl (C=O) groups is 2. The summed E-state index contributed by atoms with van der Waals surface area (Å²) in [6.07, 6.45) is 1.03. The Labute approximate surface area is 259 Å². The lowest BCUT2D eigenvalue weighted by atomic mass is 9.83. The van der Waals surface area contributed by atoms with Gasteiger partial charge < -0.3 is 19.7 Å². The molecule has 0 spiro atoms. The monoisotopic (exact) mass is 588 g/mol. The van der Waals surface area contributed by atoms with Gasteiger partial charge in [0.25, 0.3) is 17.4 Å². The van der Waals surface area contributed by atoms with Crippen LogP contribution >= 0.6 is 0 Å². The highest BCUT2D eigenvalue weighted by atomic mass is 16.2. The van der Waals surface area contributed by atoms with Gasteiger partial charge in [0.05, 0.1) is 11.4 Å². The topological polar surface area (TPSA) is 74.7 Å². The fraction of sp³-hybridized carbons (Fsp3) is 0.324. The van der Waals surface area contributed by atoms with Gasteiger partial charge >= 0.3 is 0 Å². The Morgan fingerprint density at radius 1 is 0.864 bits per heavy atom. The molecular formula is C37H40N4O3. The lowest BCUT2D eigenvalue weighted by Gasteiger charge is -2.44. The number of nitrogens with one attached hydrogen (secondary N) is 1. The number of nitrogens with zero attached hydrogens (tertiary/aromatic N) is 3. The van der Waals surface area contributed by atoms with Crippen molar-refractivity contribution in [2.45, 2.75) is 51.6 Å². The third-order valence-electron chi connectivity index (χ3n) is 8.93. The van der Waals surface area contributed by atoms with Crippen LogP contribution in [0.4, 0.5) is 11.4 Å². The largest absolute Gasteiger partial charge is 0.369 e. The Balaban J connectivity index is 1.31. The molecule has 0 aliphatic carbocycles.